The first-order valence-corrected chi connectivity index (χ1v) is 6.56. The lowest BCUT2D eigenvalue weighted by Crippen LogP contribution is -2.33. The van der Waals surface area contributed by atoms with Gasteiger partial charge in [-0.1, -0.05) is 18.5 Å². The van der Waals surface area contributed by atoms with Crippen LogP contribution in [0.15, 0.2) is 12.1 Å². The minimum Gasteiger partial charge on any atom is -0.370 e. The second kappa shape index (κ2) is 5.14. The number of hydrogen-bond acceptors (Lipinski definition) is 3. The van der Waals surface area contributed by atoms with E-state index in [1.165, 1.54) is 6.07 Å². The highest BCUT2D eigenvalue weighted by Crippen LogP contribution is 2.34. The SMILES string of the molecule is Cc1cc(N2CCC(C)CC2)c(Cl)cc1[N+](=O)[O-]. The van der Waals surface area contributed by atoms with Crippen LogP contribution in [-0.2, 0) is 0 Å². The monoisotopic (exact) mass is 268 g/mol. The van der Waals surface area contributed by atoms with Gasteiger partial charge >= 0.3 is 0 Å². The minimum atomic E-state index is -0.386. The molecule has 1 aliphatic heterocycles. The Balaban J connectivity index is 2.29. The summed E-state index contributed by atoms with van der Waals surface area (Å²) >= 11 is 6.17. The molecule has 0 unspecified atom stereocenters. The second-order valence-corrected chi connectivity index (χ2v) is 5.42. The van der Waals surface area contributed by atoms with E-state index in [0.717, 1.165) is 37.5 Å². The zero-order chi connectivity index (χ0) is 13.3. The third-order valence-corrected chi connectivity index (χ3v) is 3.89. The van der Waals surface area contributed by atoms with Crippen molar-refractivity contribution in [3.63, 3.8) is 0 Å². The van der Waals surface area contributed by atoms with Gasteiger partial charge in [-0.05, 0) is 31.7 Å². The Morgan fingerprint density at radius 1 is 1.39 bits per heavy atom. The molecule has 4 nitrogen and oxygen atoms in total. The van der Waals surface area contributed by atoms with Gasteiger partial charge in [0.2, 0.25) is 0 Å². The van der Waals surface area contributed by atoms with Crippen LogP contribution in [-0.4, -0.2) is 18.0 Å². The highest BCUT2D eigenvalue weighted by Gasteiger charge is 2.21. The van der Waals surface area contributed by atoms with Crippen molar-refractivity contribution >= 4 is 23.0 Å². The molecule has 0 N–H and O–H groups in total. The van der Waals surface area contributed by atoms with Crippen molar-refractivity contribution in [1.82, 2.24) is 0 Å². The van der Waals surface area contributed by atoms with E-state index >= 15 is 0 Å². The first-order valence-electron chi connectivity index (χ1n) is 6.18. The smallest absolute Gasteiger partial charge is 0.273 e. The number of rotatable bonds is 2. The molecule has 0 atom stereocenters. The van der Waals surface area contributed by atoms with E-state index in [1.807, 2.05) is 6.07 Å². The molecular formula is C13H17ClN2O2. The molecule has 0 radical (unpaired) electrons. The summed E-state index contributed by atoms with van der Waals surface area (Å²) in [4.78, 5) is 12.7. The summed E-state index contributed by atoms with van der Waals surface area (Å²) in [6.45, 7) is 5.95. The summed E-state index contributed by atoms with van der Waals surface area (Å²) < 4.78 is 0. The molecule has 2 rings (SSSR count). The van der Waals surface area contributed by atoms with Crippen molar-refractivity contribution in [1.29, 1.82) is 0 Å². The van der Waals surface area contributed by atoms with Gasteiger partial charge in [0.15, 0.2) is 0 Å². The lowest BCUT2D eigenvalue weighted by molar-refractivity contribution is -0.385. The van der Waals surface area contributed by atoms with Crippen LogP contribution in [0.2, 0.25) is 5.02 Å². The predicted octanol–water partition coefficient (Wildman–Crippen LogP) is 3.79. The number of anilines is 1. The molecule has 1 fully saturated rings. The second-order valence-electron chi connectivity index (χ2n) is 5.02. The van der Waals surface area contributed by atoms with Gasteiger partial charge in [0.05, 0.1) is 15.6 Å². The fraction of sp³-hybridized carbons (Fsp3) is 0.538. The molecule has 0 bridgehead atoms. The van der Waals surface area contributed by atoms with E-state index in [1.54, 1.807) is 6.92 Å². The Morgan fingerprint density at radius 3 is 2.56 bits per heavy atom. The molecule has 18 heavy (non-hydrogen) atoms. The van der Waals surface area contributed by atoms with E-state index in [4.69, 9.17) is 11.6 Å². The number of halogens is 1. The number of nitrogens with zero attached hydrogens (tertiary/aromatic N) is 2. The van der Waals surface area contributed by atoms with Crippen LogP contribution in [0, 0.1) is 23.0 Å². The van der Waals surface area contributed by atoms with Gasteiger partial charge in [0.25, 0.3) is 5.69 Å². The standard InChI is InChI=1S/C13H17ClN2O2/c1-9-3-5-15(6-4-9)13-7-10(2)12(16(17)18)8-11(13)14/h7-9H,3-6H2,1-2H3. The molecule has 0 aromatic heterocycles. The highest BCUT2D eigenvalue weighted by molar-refractivity contribution is 6.33. The number of piperidine rings is 1. The molecule has 98 valence electrons. The van der Waals surface area contributed by atoms with Crippen LogP contribution in [0.25, 0.3) is 0 Å². The van der Waals surface area contributed by atoms with Crippen molar-refractivity contribution in [2.45, 2.75) is 26.7 Å². The largest absolute Gasteiger partial charge is 0.370 e. The molecule has 0 aliphatic carbocycles. The quantitative estimate of drug-likeness (QED) is 0.605. The summed E-state index contributed by atoms with van der Waals surface area (Å²) in [6, 6.07) is 3.29. The van der Waals surface area contributed by atoms with Crippen molar-refractivity contribution in [3.05, 3.63) is 32.8 Å². The number of nitro benzene ring substituents is 1. The Bertz CT molecular complexity index is 468. The van der Waals surface area contributed by atoms with E-state index in [0.29, 0.717) is 10.6 Å². The van der Waals surface area contributed by atoms with Gasteiger partial charge in [-0.2, -0.15) is 0 Å². The van der Waals surface area contributed by atoms with Gasteiger partial charge in [0.1, 0.15) is 0 Å². The number of nitro groups is 1. The van der Waals surface area contributed by atoms with Crippen LogP contribution < -0.4 is 4.90 Å². The molecule has 0 spiro atoms. The summed E-state index contributed by atoms with van der Waals surface area (Å²) in [5, 5.41) is 11.3. The maximum Gasteiger partial charge on any atom is 0.273 e. The summed E-state index contributed by atoms with van der Waals surface area (Å²) in [6.07, 6.45) is 2.29. The van der Waals surface area contributed by atoms with Gasteiger partial charge in [-0.25, -0.2) is 0 Å². The maximum absolute atomic E-state index is 10.8. The number of benzene rings is 1. The van der Waals surface area contributed by atoms with Crippen LogP contribution in [0.3, 0.4) is 0 Å². The van der Waals surface area contributed by atoms with E-state index in [9.17, 15) is 10.1 Å². The van der Waals surface area contributed by atoms with Gasteiger partial charge in [0, 0.05) is 24.7 Å². The van der Waals surface area contributed by atoms with Crippen LogP contribution in [0.5, 0.6) is 0 Å². The molecule has 1 saturated heterocycles. The van der Waals surface area contributed by atoms with Crippen LogP contribution >= 0.6 is 11.6 Å². The third kappa shape index (κ3) is 2.58. The molecule has 1 aliphatic rings. The summed E-state index contributed by atoms with van der Waals surface area (Å²) in [5.41, 5.74) is 1.68. The third-order valence-electron chi connectivity index (χ3n) is 3.59. The fourth-order valence-corrected chi connectivity index (χ4v) is 2.62. The molecule has 1 aromatic carbocycles. The molecule has 1 heterocycles. The predicted molar refractivity (Wildman–Crippen MR) is 73.5 cm³/mol. The van der Waals surface area contributed by atoms with Crippen LogP contribution in [0.4, 0.5) is 11.4 Å². The van der Waals surface area contributed by atoms with Gasteiger partial charge in [-0.3, -0.25) is 10.1 Å². The molecular weight excluding hydrogens is 252 g/mol. The Labute approximate surface area is 112 Å². The lowest BCUT2D eigenvalue weighted by atomic mass is 9.98. The first kappa shape index (κ1) is 13.1. The molecule has 0 amide bonds. The van der Waals surface area contributed by atoms with Crippen molar-refractivity contribution < 1.29 is 4.92 Å². The van der Waals surface area contributed by atoms with Gasteiger partial charge in [-0.15, -0.1) is 0 Å². The van der Waals surface area contributed by atoms with Crippen molar-refractivity contribution in [2.75, 3.05) is 18.0 Å². The minimum absolute atomic E-state index is 0.0918. The molecule has 0 saturated carbocycles. The molecule has 5 heteroatoms. The maximum atomic E-state index is 10.8. The van der Waals surface area contributed by atoms with E-state index in [2.05, 4.69) is 11.8 Å². The average molecular weight is 269 g/mol. The van der Waals surface area contributed by atoms with Crippen molar-refractivity contribution in [3.8, 4) is 0 Å². The zero-order valence-electron chi connectivity index (χ0n) is 10.6. The zero-order valence-corrected chi connectivity index (χ0v) is 11.4. The Kier molecular flexibility index (Phi) is 3.76. The van der Waals surface area contributed by atoms with Gasteiger partial charge < -0.3 is 4.90 Å². The average Bonchev–Trinajstić information content (AvgIpc) is 2.32. The Hall–Kier alpha value is -1.29. The van der Waals surface area contributed by atoms with Crippen molar-refractivity contribution in [2.24, 2.45) is 5.92 Å². The topological polar surface area (TPSA) is 46.4 Å². The number of aryl methyl sites for hydroxylation is 1. The number of hydrogen-bond donors (Lipinski definition) is 0. The molecule has 1 aromatic rings. The van der Waals surface area contributed by atoms with Crippen LogP contribution in [0.1, 0.15) is 25.3 Å². The Morgan fingerprint density at radius 2 is 2.00 bits per heavy atom. The van der Waals surface area contributed by atoms with E-state index in [-0.39, 0.29) is 10.6 Å². The summed E-state index contributed by atoms with van der Waals surface area (Å²) in [5.74, 6) is 0.749. The highest BCUT2D eigenvalue weighted by atomic mass is 35.5. The summed E-state index contributed by atoms with van der Waals surface area (Å²) in [7, 11) is 0. The lowest BCUT2D eigenvalue weighted by Gasteiger charge is -2.32. The fourth-order valence-electron chi connectivity index (χ4n) is 2.34. The first-order chi connectivity index (χ1) is 8.49. The van der Waals surface area contributed by atoms with E-state index < -0.39 is 0 Å². The normalized spacial score (nSPS) is 16.9.